The highest BCUT2D eigenvalue weighted by Gasteiger charge is 2.28. The molecule has 1 saturated heterocycles. The van der Waals surface area contributed by atoms with E-state index in [-0.39, 0.29) is 11.8 Å². The molecule has 1 aliphatic rings. The van der Waals surface area contributed by atoms with Gasteiger partial charge in [0.2, 0.25) is 10.0 Å². The van der Waals surface area contributed by atoms with Gasteiger partial charge in [0, 0.05) is 26.1 Å². The van der Waals surface area contributed by atoms with Crippen LogP contribution in [0.3, 0.4) is 0 Å². The molecule has 2 aromatic rings. The molecule has 0 N–H and O–H groups in total. The van der Waals surface area contributed by atoms with E-state index < -0.39 is 10.0 Å². The highest BCUT2D eigenvalue weighted by molar-refractivity contribution is 7.88. The largest absolute Gasteiger partial charge is 0.319 e. The number of aromatic nitrogens is 1. The Labute approximate surface area is 158 Å². The van der Waals surface area contributed by atoms with Gasteiger partial charge in [0.15, 0.2) is 4.80 Å². The van der Waals surface area contributed by atoms with Crippen molar-refractivity contribution in [1.82, 2.24) is 8.87 Å². The van der Waals surface area contributed by atoms with Gasteiger partial charge in [0.25, 0.3) is 5.91 Å². The molecule has 142 valence electrons. The van der Waals surface area contributed by atoms with E-state index in [2.05, 4.69) is 37.0 Å². The van der Waals surface area contributed by atoms with Crippen LogP contribution >= 0.6 is 11.3 Å². The fourth-order valence-corrected chi connectivity index (χ4v) is 5.18. The van der Waals surface area contributed by atoms with Crippen molar-refractivity contribution in [3.8, 4) is 0 Å². The van der Waals surface area contributed by atoms with Crippen LogP contribution < -0.4 is 4.80 Å². The minimum atomic E-state index is -3.18. The summed E-state index contributed by atoms with van der Waals surface area (Å²) in [5.74, 6) is 0.0997. The third-order valence-electron chi connectivity index (χ3n) is 4.98. The van der Waals surface area contributed by atoms with Gasteiger partial charge in [-0.15, -0.1) is 0 Å². The number of aryl methyl sites for hydroxylation is 1. The van der Waals surface area contributed by atoms with E-state index in [0.717, 1.165) is 10.2 Å². The van der Waals surface area contributed by atoms with Gasteiger partial charge in [-0.2, -0.15) is 4.99 Å². The Bertz CT molecular complexity index is 994. The van der Waals surface area contributed by atoms with E-state index in [9.17, 15) is 13.2 Å². The van der Waals surface area contributed by atoms with Crippen LogP contribution in [0.4, 0.5) is 0 Å². The Hall–Kier alpha value is -1.51. The summed E-state index contributed by atoms with van der Waals surface area (Å²) in [6, 6.07) is 6.36. The molecule has 0 spiro atoms. The minimum absolute atomic E-state index is 0.149. The van der Waals surface area contributed by atoms with E-state index in [0.29, 0.717) is 36.7 Å². The topological polar surface area (TPSA) is 71.7 Å². The molecule has 0 atom stereocenters. The van der Waals surface area contributed by atoms with Gasteiger partial charge in [0.05, 0.1) is 16.5 Å². The van der Waals surface area contributed by atoms with Crippen molar-refractivity contribution in [2.45, 2.75) is 32.6 Å². The lowest BCUT2D eigenvalue weighted by Gasteiger charge is -2.28. The van der Waals surface area contributed by atoms with Crippen LogP contribution in [0, 0.1) is 5.92 Å². The van der Waals surface area contributed by atoms with Crippen LogP contribution in [-0.4, -0.2) is 42.5 Å². The molecule has 0 unspecified atom stereocenters. The second kappa shape index (κ2) is 7.25. The first-order chi connectivity index (χ1) is 12.2. The number of fused-ring (bicyclic) bond motifs is 1. The Morgan fingerprint density at radius 1 is 1.27 bits per heavy atom. The maximum Gasteiger partial charge on any atom is 0.251 e. The molecule has 26 heavy (non-hydrogen) atoms. The first-order valence-corrected chi connectivity index (χ1v) is 11.5. The molecule has 0 radical (unpaired) electrons. The lowest BCUT2D eigenvalue weighted by molar-refractivity contribution is -0.122. The lowest BCUT2D eigenvalue weighted by atomic mass is 9.98. The van der Waals surface area contributed by atoms with Gasteiger partial charge in [-0.1, -0.05) is 31.3 Å². The van der Waals surface area contributed by atoms with Crippen LogP contribution in [0.1, 0.15) is 38.2 Å². The minimum Gasteiger partial charge on any atom is -0.319 e. The Morgan fingerprint density at radius 2 is 1.92 bits per heavy atom. The van der Waals surface area contributed by atoms with E-state index in [1.165, 1.54) is 27.5 Å². The van der Waals surface area contributed by atoms with Crippen molar-refractivity contribution in [3.05, 3.63) is 28.6 Å². The summed E-state index contributed by atoms with van der Waals surface area (Å²) in [6.45, 7) is 5.10. The predicted molar refractivity (Wildman–Crippen MR) is 105 cm³/mol. The second-order valence-corrected chi connectivity index (χ2v) is 10.2. The summed E-state index contributed by atoms with van der Waals surface area (Å²) < 4.78 is 27.7. The summed E-state index contributed by atoms with van der Waals surface area (Å²) in [4.78, 5) is 17.6. The number of carbonyl (C=O) groups excluding carboxylic acids is 1. The normalized spacial score (nSPS) is 18.1. The molecule has 6 nitrogen and oxygen atoms in total. The fourth-order valence-electron chi connectivity index (χ4n) is 3.24. The number of thiazole rings is 1. The van der Waals surface area contributed by atoms with Crippen LogP contribution in [0.25, 0.3) is 10.2 Å². The van der Waals surface area contributed by atoms with Crippen molar-refractivity contribution in [3.63, 3.8) is 0 Å². The quantitative estimate of drug-likeness (QED) is 0.801. The summed E-state index contributed by atoms with van der Waals surface area (Å²) in [7, 11) is -1.26. The van der Waals surface area contributed by atoms with Gasteiger partial charge >= 0.3 is 0 Å². The van der Waals surface area contributed by atoms with Crippen molar-refractivity contribution in [2.75, 3.05) is 19.3 Å². The van der Waals surface area contributed by atoms with E-state index in [4.69, 9.17) is 0 Å². The first kappa shape index (κ1) is 19.3. The maximum absolute atomic E-state index is 12.6. The number of piperidine rings is 1. The number of hydrogen-bond donors (Lipinski definition) is 0. The van der Waals surface area contributed by atoms with Gasteiger partial charge in [0.1, 0.15) is 0 Å². The molecule has 0 saturated carbocycles. The summed E-state index contributed by atoms with van der Waals surface area (Å²) in [5, 5.41) is 0. The fraction of sp³-hybridized carbons (Fsp3) is 0.556. The maximum atomic E-state index is 12.6. The van der Waals surface area contributed by atoms with Crippen LogP contribution in [-0.2, 0) is 21.9 Å². The molecule has 1 aromatic carbocycles. The standard InChI is InChI=1S/C18H25N3O3S2/c1-12(2)14-5-6-15-16(11-14)25-18(20(15)3)19-17(22)13-7-9-21(10-8-13)26(4,23)24/h5-6,11-13H,7-10H2,1-4H3. The predicted octanol–water partition coefficient (Wildman–Crippen LogP) is 2.46. The van der Waals surface area contributed by atoms with Crippen molar-refractivity contribution in [2.24, 2.45) is 18.0 Å². The zero-order valence-corrected chi connectivity index (χ0v) is 17.2. The van der Waals surface area contributed by atoms with Gasteiger partial charge in [-0.3, -0.25) is 4.79 Å². The Morgan fingerprint density at radius 3 is 2.50 bits per heavy atom. The monoisotopic (exact) mass is 395 g/mol. The average molecular weight is 396 g/mol. The van der Waals surface area contributed by atoms with Crippen LogP contribution in [0.2, 0.25) is 0 Å². The van der Waals surface area contributed by atoms with Crippen molar-refractivity contribution >= 4 is 37.5 Å². The highest BCUT2D eigenvalue weighted by Crippen LogP contribution is 2.24. The Kier molecular flexibility index (Phi) is 5.37. The van der Waals surface area contributed by atoms with Crippen LogP contribution in [0.5, 0.6) is 0 Å². The zero-order valence-electron chi connectivity index (χ0n) is 15.6. The molecule has 0 aliphatic carbocycles. The molecular formula is C18H25N3O3S2. The second-order valence-electron chi connectivity index (χ2n) is 7.21. The number of hydrogen-bond acceptors (Lipinski definition) is 4. The average Bonchev–Trinajstić information content (AvgIpc) is 2.89. The SMILES string of the molecule is CC(C)c1ccc2c(c1)sc(=NC(=O)C1CCN(S(C)(=O)=O)CC1)n2C. The molecule has 2 heterocycles. The number of sulfonamides is 1. The number of carbonyl (C=O) groups is 1. The smallest absolute Gasteiger partial charge is 0.251 e. The Balaban J connectivity index is 1.83. The van der Waals surface area contributed by atoms with E-state index >= 15 is 0 Å². The number of amides is 1. The number of rotatable bonds is 3. The van der Waals surface area contributed by atoms with Gasteiger partial charge < -0.3 is 4.57 Å². The molecule has 1 aliphatic heterocycles. The third kappa shape index (κ3) is 3.92. The molecule has 1 aromatic heterocycles. The first-order valence-electron chi connectivity index (χ1n) is 8.80. The molecule has 8 heteroatoms. The van der Waals surface area contributed by atoms with Crippen molar-refractivity contribution in [1.29, 1.82) is 0 Å². The van der Waals surface area contributed by atoms with Gasteiger partial charge in [-0.25, -0.2) is 12.7 Å². The third-order valence-corrected chi connectivity index (χ3v) is 7.38. The molecule has 0 bridgehead atoms. The lowest BCUT2D eigenvalue weighted by Crippen LogP contribution is -2.39. The highest BCUT2D eigenvalue weighted by atomic mass is 32.2. The number of nitrogens with zero attached hydrogens (tertiary/aromatic N) is 3. The molecular weight excluding hydrogens is 370 g/mol. The van der Waals surface area contributed by atoms with Gasteiger partial charge in [-0.05, 0) is 36.5 Å². The van der Waals surface area contributed by atoms with Crippen molar-refractivity contribution < 1.29 is 13.2 Å². The molecule has 1 amide bonds. The molecule has 3 rings (SSSR count). The molecule has 1 fully saturated rings. The zero-order chi connectivity index (χ0) is 19.1. The summed E-state index contributed by atoms with van der Waals surface area (Å²) in [6.07, 6.45) is 2.27. The van der Waals surface area contributed by atoms with E-state index in [1.54, 1.807) is 0 Å². The summed E-state index contributed by atoms with van der Waals surface area (Å²) in [5.41, 5.74) is 2.34. The van der Waals surface area contributed by atoms with Crippen LogP contribution in [0.15, 0.2) is 23.2 Å². The van der Waals surface area contributed by atoms with E-state index in [1.807, 2.05) is 11.6 Å². The summed E-state index contributed by atoms with van der Waals surface area (Å²) >= 11 is 1.52. The number of benzene rings is 1.